The van der Waals surface area contributed by atoms with Crippen LogP contribution in [0.4, 0.5) is 4.79 Å². The van der Waals surface area contributed by atoms with E-state index in [1.165, 1.54) is 17.2 Å². The number of nitrogens with zero attached hydrogens (tertiary/aromatic N) is 1. The van der Waals surface area contributed by atoms with E-state index in [1.807, 2.05) is 6.92 Å². The summed E-state index contributed by atoms with van der Waals surface area (Å²) in [5.41, 5.74) is 0.765. The Labute approximate surface area is 113 Å². The number of hydrogen-bond donors (Lipinski definition) is 0. The van der Waals surface area contributed by atoms with Gasteiger partial charge in [0.25, 0.3) is 0 Å². The number of allylic oxidation sites excluding steroid dienone is 3. The molecular weight excluding hydrogens is 242 g/mol. The molecule has 0 radical (unpaired) electrons. The van der Waals surface area contributed by atoms with Gasteiger partial charge in [-0.25, -0.2) is 4.79 Å². The zero-order valence-corrected chi connectivity index (χ0v) is 11.3. The Kier molecular flexibility index (Phi) is 5.30. The first-order valence-electron chi connectivity index (χ1n) is 6.12. The van der Waals surface area contributed by atoms with Crippen LogP contribution in [0.15, 0.2) is 49.2 Å². The zero-order chi connectivity index (χ0) is 14.4. The molecule has 0 fully saturated rings. The van der Waals surface area contributed by atoms with Gasteiger partial charge in [-0.05, 0) is 18.6 Å². The summed E-state index contributed by atoms with van der Waals surface area (Å²) < 4.78 is 5.18. The second-order valence-corrected chi connectivity index (χ2v) is 4.39. The van der Waals surface area contributed by atoms with Crippen molar-refractivity contribution in [1.82, 2.24) is 4.90 Å². The molecule has 4 nitrogen and oxygen atoms in total. The predicted molar refractivity (Wildman–Crippen MR) is 74.4 cm³/mol. The zero-order valence-electron chi connectivity index (χ0n) is 11.3. The predicted octanol–water partition coefficient (Wildman–Crippen LogP) is 2.84. The first-order valence-corrected chi connectivity index (χ1v) is 6.12. The first kappa shape index (κ1) is 15.0. The molecule has 0 aliphatic carbocycles. The number of amides is 1. The maximum atomic E-state index is 11.9. The minimum absolute atomic E-state index is 0.0230. The molecule has 19 heavy (non-hydrogen) atoms. The van der Waals surface area contributed by atoms with Crippen molar-refractivity contribution < 1.29 is 14.3 Å². The van der Waals surface area contributed by atoms with Gasteiger partial charge >= 0.3 is 6.09 Å². The van der Waals surface area contributed by atoms with E-state index in [2.05, 4.69) is 13.2 Å². The molecule has 0 aromatic rings. The van der Waals surface area contributed by atoms with E-state index in [-0.39, 0.29) is 24.3 Å². The van der Waals surface area contributed by atoms with Gasteiger partial charge in [0, 0.05) is 18.2 Å². The van der Waals surface area contributed by atoms with E-state index in [0.717, 1.165) is 5.57 Å². The van der Waals surface area contributed by atoms with Crippen molar-refractivity contribution in [3.05, 3.63) is 49.2 Å². The lowest BCUT2D eigenvalue weighted by Crippen LogP contribution is -2.43. The minimum Gasteiger partial charge on any atom is -0.444 e. The van der Waals surface area contributed by atoms with Crippen LogP contribution in [0.5, 0.6) is 0 Å². The summed E-state index contributed by atoms with van der Waals surface area (Å²) in [6.45, 7) is 10.9. The van der Waals surface area contributed by atoms with Gasteiger partial charge in [-0.3, -0.25) is 9.69 Å². The quantitative estimate of drug-likeness (QED) is 0.731. The van der Waals surface area contributed by atoms with Gasteiger partial charge in [-0.1, -0.05) is 38.3 Å². The van der Waals surface area contributed by atoms with Gasteiger partial charge in [0.15, 0.2) is 5.78 Å². The van der Waals surface area contributed by atoms with Crippen molar-refractivity contribution in [2.75, 3.05) is 6.61 Å². The molecule has 0 N–H and O–H groups in total. The van der Waals surface area contributed by atoms with Gasteiger partial charge in [-0.15, -0.1) is 0 Å². The highest BCUT2D eigenvalue weighted by Crippen LogP contribution is 2.19. The second-order valence-electron chi connectivity index (χ2n) is 4.39. The molecule has 2 atom stereocenters. The van der Waals surface area contributed by atoms with E-state index < -0.39 is 6.09 Å². The van der Waals surface area contributed by atoms with Crippen LogP contribution >= 0.6 is 0 Å². The molecule has 102 valence electrons. The summed E-state index contributed by atoms with van der Waals surface area (Å²) in [6.07, 6.45) is 7.34. The number of rotatable bonds is 4. The maximum Gasteiger partial charge on any atom is 0.414 e. The molecule has 1 aliphatic rings. The highest BCUT2D eigenvalue weighted by molar-refractivity contribution is 5.94. The molecule has 0 aromatic heterocycles. The summed E-state index contributed by atoms with van der Waals surface area (Å²) in [7, 11) is 0. The average Bonchev–Trinajstić information content (AvgIpc) is 2.40. The van der Waals surface area contributed by atoms with Crippen molar-refractivity contribution in [2.24, 2.45) is 5.92 Å². The van der Waals surface area contributed by atoms with Crippen LogP contribution in [0.2, 0.25) is 0 Å². The van der Waals surface area contributed by atoms with Crippen LogP contribution in [0, 0.1) is 5.92 Å². The van der Waals surface area contributed by atoms with Gasteiger partial charge in [0.1, 0.15) is 6.61 Å². The Morgan fingerprint density at radius 2 is 2.16 bits per heavy atom. The summed E-state index contributed by atoms with van der Waals surface area (Å²) in [5, 5.41) is 0. The third-order valence-corrected chi connectivity index (χ3v) is 3.18. The maximum absolute atomic E-state index is 11.9. The summed E-state index contributed by atoms with van der Waals surface area (Å²) >= 11 is 0. The Bertz CT molecular complexity index is 448. The SMILES string of the molecule is C=C/C=C(\C=C)COC(=O)N1C=CC(=O)[C@H](C)C1C. The fourth-order valence-electron chi connectivity index (χ4n) is 1.69. The largest absolute Gasteiger partial charge is 0.444 e. The van der Waals surface area contributed by atoms with E-state index in [0.29, 0.717) is 0 Å². The lowest BCUT2D eigenvalue weighted by molar-refractivity contribution is -0.119. The lowest BCUT2D eigenvalue weighted by Gasteiger charge is -2.31. The number of carbonyl (C=O) groups excluding carboxylic acids is 2. The monoisotopic (exact) mass is 261 g/mol. The molecule has 1 amide bonds. The molecule has 0 aromatic carbocycles. The molecular formula is C15H19NO3. The van der Waals surface area contributed by atoms with E-state index >= 15 is 0 Å². The van der Waals surface area contributed by atoms with Gasteiger partial charge in [0.2, 0.25) is 0 Å². The fraction of sp³-hybridized carbons (Fsp3) is 0.333. The standard InChI is InChI=1S/C15H19NO3/c1-5-7-13(6-2)10-19-15(18)16-9-8-14(17)11(3)12(16)4/h5-9,11-12H,1-2,10H2,3-4H3/b13-7+/t11-,12?/m1/s1. The Hall–Kier alpha value is -2.10. The molecule has 0 saturated heterocycles. The molecule has 1 unspecified atom stereocenters. The van der Waals surface area contributed by atoms with Crippen molar-refractivity contribution in [1.29, 1.82) is 0 Å². The Morgan fingerprint density at radius 3 is 2.74 bits per heavy atom. The highest BCUT2D eigenvalue weighted by Gasteiger charge is 2.31. The average molecular weight is 261 g/mol. The van der Waals surface area contributed by atoms with Crippen LogP contribution in [-0.4, -0.2) is 29.4 Å². The van der Waals surface area contributed by atoms with Crippen molar-refractivity contribution >= 4 is 11.9 Å². The van der Waals surface area contributed by atoms with Crippen molar-refractivity contribution in [3.8, 4) is 0 Å². The van der Waals surface area contributed by atoms with Crippen LogP contribution in [0.1, 0.15) is 13.8 Å². The first-order chi connectivity index (χ1) is 9.01. The normalized spacial score (nSPS) is 23.2. The Balaban J connectivity index is 2.66. The molecule has 1 rings (SSSR count). The number of ether oxygens (including phenoxy) is 1. The van der Waals surface area contributed by atoms with E-state index in [1.54, 1.807) is 25.2 Å². The molecule has 1 heterocycles. The number of carbonyl (C=O) groups is 2. The van der Waals surface area contributed by atoms with Crippen LogP contribution in [0.25, 0.3) is 0 Å². The molecule has 0 bridgehead atoms. The van der Waals surface area contributed by atoms with Gasteiger partial charge in [0.05, 0.1) is 0 Å². The van der Waals surface area contributed by atoms with Gasteiger partial charge < -0.3 is 4.74 Å². The molecule has 4 heteroatoms. The third kappa shape index (κ3) is 3.68. The van der Waals surface area contributed by atoms with Crippen LogP contribution in [0.3, 0.4) is 0 Å². The van der Waals surface area contributed by atoms with Crippen LogP contribution in [-0.2, 0) is 9.53 Å². The molecule has 0 saturated carbocycles. The van der Waals surface area contributed by atoms with E-state index in [9.17, 15) is 9.59 Å². The highest BCUT2D eigenvalue weighted by atomic mass is 16.6. The summed E-state index contributed by atoms with van der Waals surface area (Å²) in [5.74, 6) is -0.199. The summed E-state index contributed by atoms with van der Waals surface area (Å²) in [4.78, 5) is 24.8. The molecule has 0 spiro atoms. The number of ketones is 1. The topological polar surface area (TPSA) is 46.6 Å². The van der Waals surface area contributed by atoms with Gasteiger partial charge in [-0.2, -0.15) is 0 Å². The third-order valence-electron chi connectivity index (χ3n) is 3.18. The number of hydrogen-bond acceptors (Lipinski definition) is 3. The minimum atomic E-state index is -0.472. The lowest BCUT2D eigenvalue weighted by atomic mass is 9.95. The van der Waals surface area contributed by atoms with E-state index in [4.69, 9.17) is 4.74 Å². The summed E-state index contributed by atoms with van der Waals surface area (Å²) in [6, 6.07) is -0.208. The molecule has 1 aliphatic heterocycles. The van der Waals surface area contributed by atoms with Crippen LogP contribution < -0.4 is 0 Å². The van der Waals surface area contributed by atoms with Crippen molar-refractivity contribution in [2.45, 2.75) is 19.9 Å². The smallest absolute Gasteiger partial charge is 0.414 e. The van der Waals surface area contributed by atoms with Crippen molar-refractivity contribution in [3.63, 3.8) is 0 Å². The Morgan fingerprint density at radius 1 is 1.47 bits per heavy atom. The fourth-order valence-corrected chi connectivity index (χ4v) is 1.69. The second kappa shape index (κ2) is 6.73.